The van der Waals surface area contributed by atoms with Crippen molar-refractivity contribution in [3.63, 3.8) is 0 Å². The van der Waals surface area contributed by atoms with Gasteiger partial charge < -0.3 is 15.0 Å². The molecule has 7 heteroatoms. The Bertz CT molecular complexity index is 1180. The number of hydrogen-bond acceptors (Lipinski definition) is 3. The first-order valence-electron chi connectivity index (χ1n) is 10.2. The Hall–Kier alpha value is -3.38. The predicted octanol–water partition coefficient (Wildman–Crippen LogP) is 5.52. The molecular weight excluding hydrogens is 431 g/mol. The molecule has 0 unspecified atom stereocenters. The summed E-state index contributed by atoms with van der Waals surface area (Å²) < 4.78 is 18.9. The number of carbonyl (C=O) groups is 2. The molecule has 3 aromatic rings. The van der Waals surface area contributed by atoms with Gasteiger partial charge in [-0.25, -0.2) is 4.39 Å². The maximum absolute atomic E-state index is 13.5. The molecule has 1 aliphatic heterocycles. The minimum Gasteiger partial charge on any atom is -0.495 e. The van der Waals surface area contributed by atoms with E-state index in [9.17, 15) is 14.0 Å². The van der Waals surface area contributed by atoms with E-state index in [4.69, 9.17) is 16.3 Å². The van der Waals surface area contributed by atoms with Crippen LogP contribution in [0.2, 0.25) is 5.02 Å². The van der Waals surface area contributed by atoms with Gasteiger partial charge in [0.1, 0.15) is 11.6 Å². The van der Waals surface area contributed by atoms with E-state index in [0.29, 0.717) is 34.1 Å². The van der Waals surface area contributed by atoms with Gasteiger partial charge in [0.15, 0.2) is 0 Å². The summed E-state index contributed by atoms with van der Waals surface area (Å²) in [6, 6.07) is 16.1. The first-order chi connectivity index (χ1) is 15.4. The quantitative estimate of drug-likeness (QED) is 0.535. The fourth-order valence-electron chi connectivity index (χ4n) is 3.93. The van der Waals surface area contributed by atoms with E-state index >= 15 is 0 Å². The van der Waals surface area contributed by atoms with Gasteiger partial charge in [0.2, 0.25) is 5.91 Å². The number of aryl methyl sites for hydroxylation is 1. The first-order valence-corrected chi connectivity index (χ1v) is 10.5. The van der Waals surface area contributed by atoms with E-state index in [2.05, 4.69) is 5.32 Å². The second-order valence-electron chi connectivity index (χ2n) is 7.71. The highest BCUT2D eigenvalue weighted by Gasteiger charge is 2.34. The molecule has 0 fully saturated rings. The average molecular weight is 453 g/mol. The molecule has 1 aliphatic rings. The Labute approximate surface area is 190 Å². The second kappa shape index (κ2) is 9.01. The molecule has 1 heterocycles. The lowest BCUT2D eigenvalue weighted by Crippen LogP contribution is -2.32. The molecule has 3 aromatic carbocycles. The van der Waals surface area contributed by atoms with Crippen LogP contribution in [0.4, 0.5) is 10.1 Å². The molecule has 0 saturated carbocycles. The lowest BCUT2D eigenvalue weighted by Gasteiger charge is -2.28. The molecule has 164 valence electrons. The van der Waals surface area contributed by atoms with E-state index in [1.807, 2.05) is 25.1 Å². The summed E-state index contributed by atoms with van der Waals surface area (Å²) in [5.74, 6) is -0.392. The van der Waals surface area contributed by atoms with Gasteiger partial charge in [-0.15, -0.1) is 0 Å². The van der Waals surface area contributed by atoms with Crippen LogP contribution in [0.1, 0.15) is 39.5 Å². The van der Waals surface area contributed by atoms with Crippen LogP contribution in [0.3, 0.4) is 0 Å². The van der Waals surface area contributed by atoms with E-state index in [0.717, 1.165) is 11.1 Å². The van der Waals surface area contributed by atoms with Crippen molar-refractivity contribution >= 4 is 29.1 Å². The fraction of sp³-hybridized carbons (Fsp3) is 0.200. The molecule has 32 heavy (non-hydrogen) atoms. The topological polar surface area (TPSA) is 58.6 Å². The Balaban J connectivity index is 1.62. The van der Waals surface area contributed by atoms with Crippen LogP contribution >= 0.6 is 11.6 Å². The monoisotopic (exact) mass is 452 g/mol. The minimum absolute atomic E-state index is 0.00378. The molecule has 0 saturated heterocycles. The fourth-order valence-corrected chi connectivity index (χ4v) is 4.08. The normalized spacial score (nSPS) is 13.6. The first kappa shape index (κ1) is 21.8. The summed E-state index contributed by atoms with van der Waals surface area (Å²) in [4.78, 5) is 27.8. The number of carbonyl (C=O) groups excluding carboxylic acids is 2. The van der Waals surface area contributed by atoms with Gasteiger partial charge in [0.25, 0.3) is 5.91 Å². The lowest BCUT2D eigenvalue weighted by molar-refractivity contribution is -0.117. The van der Waals surface area contributed by atoms with Gasteiger partial charge in [0, 0.05) is 23.2 Å². The number of halogens is 2. The van der Waals surface area contributed by atoms with E-state index in [-0.39, 0.29) is 24.1 Å². The average Bonchev–Trinajstić information content (AvgIpc) is 3.11. The molecule has 4 rings (SSSR count). The number of amides is 2. The van der Waals surface area contributed by atoms with Crippen LogP contribution in [0.25, 0.3) is 0 Å². The molecule has 1 N–H and O–H groups in total. The maximum atomic E-state index is 13.5. The third kappa shape index (κ3) is 4.32. The SMILES string of the molecule is COc1cc(Cl)c(C)cc1NC(=O)C[C@@H](c1ccc(F)cc1)N1Cc2ccccc2C1=O. The summed E-state index contributed by atoms with van der Waals surface area (Å²) >= 11 is 6.16. The van der Waals surface area contributed by atoms with Crippen LogP contribution in [0.5, 0.6) is 5.75 Å². The minimum atomic E-state index is -0.560. The van der Waals surface area contributed by atoms with Crippen molar-refractivity contribution in [1.82, 2.24) is 4.90 Å². The predicted molar refractivity (Wildman–Crippen MR) is 121 cm³/mol. The van der Waals surface area contributed by atoms with Gasteiger partial charge >= 0.3 is 0 Å². The number of hydrogen-bond donors (Lipinski definition) is 1. The zero-order valence-corrected chi connectivity index (χ0v) is 18.4. The molecule has 0 spiro atoms. The van der Waals surface area contributed by atoms with E-state index in [1.54, 1.807) is 35.2 Å². The van der Waals surface area contributed by atoms with Crippen LogP contribution < -0.4 is 10.1 Å². The van der Waals surface area contributed by atoms with Crippen molar-refractivity contribution in [2.45, 2.75) is 25.9 Å². The Kier molecular flexibility index (Phi) is 6.15. The summed E-state index contributed by atoms with van der Waals surface area (Å²) in [5, 5.41) is 3.40. The Morgan fingerprint density at radius 1 is 1.19 bits per heavy atom. The molecule has 2 amide bonds. The van der Waals surface area contributed by atoms with E-state index in [1.165, 1.54) is 19.2 Å². The highest BCUT2D eigenvalue weighted by Crippen LogP contribution is 2.35. The van der Waals surface area contributed by atoms with Crippen molar-refractivity contribution in [2.75, 3.05) is 12.4 Å². The Morgan fingerprint density at radius 3 is 2.59 bits per heavy atom. The number of nitrogens with one attached hydrogen (secondary N) is 1. The van der Waals surface area contributed by atoms with E-state index < -0.39 is 6.04 Å². The summed E-state index contributed by atoms with van der Waals surface area (Å²) in [6.07, 6.45) is -0.00378. The number of ether oxygens (including phenoxy) is 1. The smallest absolute Gasteiger partial charge is 0.255 e. The van der Waals surface area contributed by atoms with Gasteiger partial charge in [0.05, 0.1) is 25.3 Å². The molecular formula is C25H22ClFN2O3. The zero-order chi connectivity index (χ0) is 22.8. The third-order valence-electron chi connectivity index (χ3n) is 5.61. The third-order valence-corrected chi connectivity index (χ3v) is 6.02. The largest absolute Gasteiger partial charge is 0.495 e. The summed E-state index contributed by atoms with van der Waals surface area (Å²) in [7, 11) is 1.50. The van der Waals surface area contributed by atoms with Gasteiger partial charge in [-0.2, -0.15) is 0 Å². The van der Waals surface area contributed by atoms with Crippen LogP contribution in [0.15, 0.2) is 60.7 Å². The van der Waals surface area contributed by atoms with Crippen LogP contribution in [-0.4, -0.2) is 23.8 Å². The number of rotatable bonds is 6. The van der Waals surface area contributed by atoms with Crippen molar-refractivity contribution in [1.29, 1.82) is 0 Å². The van der Waals surface area contributed by atoms with Crippen molar-refractivity contribution in [3.8, 4) is 5.75 Å². The molecule has 0 aliphatic carbocycles. The van der Waals surface area contributed by atoms with Crippen molar-refractivity contribution < 1.29 is 18.7 Å². The zero-order valence-electron chi connectivity index (χ0n) is 17.7. The number of fused-ring (bicyclic) bond motifs is 1. The van der Waals surface area contributed by atoms with Crippen LogP contribution in [0, 0.1) is 12.7 Å². The van der Waals surface area contributed by atoms with Crippen molar-refractivity contribution in [3.05, 3.63) is 93.8 Å². The molecule has 1 atom stereocenters. The number of nitrogens with zero attached hydrogens (tertiary/aromatic N) is 1. The molecule has 5 nitrogen and oxygen atoms in total. The number of benzene rings is 3. The molecule has 0 bridgehead atoms. The highest BCUT2D eigenvalue weighted by atomic mass is 35.5. The summed E-state index contributed by atoms with van der Waals surface area (Å²) in [5.41, 5.74) is 3.49. The van der Waals surface area contributed by atoms with Crippen LogP contribution in [-0.2, 0) is 11.3 Å². The lowest BCUT2D eigenvalue weighted by atomic mass is 10.0. The van der Waals surface area contributed by atoms with Gasteiger partial charge in [-0.05, 0) is 47.9 Å². The summed E-state index contributed by atoms with van der Waals surface area (Å²) in [6.45, 7) is 2.21. The Morgan fingerprint density at radius 2 is 1.91 bits per heavy atom. The molecule has 0 aromatic heterocycles. The second-order valence-corrected chi connectivity index (χ2v) is 8.12. The molecule has 0 radical (unpaired) electrons. The van der Waals surface area contributed by atoms with Gasteiger partial charge in [-0.3, -0.25) is 9.59 Å². The van der Waals surface area contributed by atoms with Gasteiger partial charge in [-0.1, -0.05) is 41.9 Å². The highest BCUT2D eigenvalue weighted by molar-refractivity contribution is 6.31. The number of anilines is 1. The standard InChI is InChI=1S/C25H22ClFN2O3/c1-15-11-21(23(32-2)12-20(15)26)28-24(30)13-22(16-7-9-18(27)10-8-16)29-14-17-5-3-4-6-19(17)25(29)31/h3-12,22H,13-14H2,1-2H3,(H,28,30)/t22-/m0/s1. The maximum Gasteiger partial charge on any atom is 0.255 e. The number of methoxy groups -OCH3 is 1. The van der Waals surface area contributed by atoms with Crippen molar-refractivity contribution in [2.24, 2.45) is 0 Å².